The lowest BCUT2D eigenvalue weighted by molar-refractivity contribution is -0.142. The fourth-order valence-electron chi connectivity index (χ4n) is 1.06. The normalized spacial score (nSPS) is 15.6. The number of unbranched alkanes of at least 4 members (excludes halogenated alkanes) is 1. The first kappa shape index (κ1) is 11.4. The highest BCUT2D eigenvalue weighted by Crippen LogP contribution is 2.04. The zero-order valence-corrected chi connectivity index (χ0v) is 7.58. The van der Waals surface area contributed by atoms with Crippen molar-refractivity contribution in [3.63, 3.8) is 0 Å². The van der Waals surface area contributed by atoms with Gasteiger partial charge in [0, 0.05) is 0 Å². The van der Waals surface area contributed by atoms with Crippen LogP contribution >= 0.6 is 0 Å². The van der Waals surface area contributed by atoms with Gasteiger partial charge in [0.15, 0.2) is 0 Å². The molecule has 0 aliphatic carbocycles. The summed E-state index contributed by atoms with van der Waals surface area (Å²) < 4.78 is 0. The number of nitrogens with one attached hydrogen (secondary N) is 1. The van der Waals surface area contributed by atoms with Crippen molar-refractivity contribution in [1.29, 1.82) is 0 Å². The highest BCUT2D eigenvalue weighted by atomic mass is 16.4. The molecule has 0 amide bonds. The van der Waals surface area contributed by atoms with Crippen LogP contribution in [-0.2, 0) is 4.79 Å². The topological polar surface area (TPSA) is 69.6 Å². The predicted molar refractivity (Wildman–Crippen MR) is 46.0 cm³/mol. The van der Waals surface area contributed by atoms with Gasteiger partial charge in [0.05, 0.1) is 6.10 Å². The van der Waals surface area contributed by atoms with E-state index in [-0.39, 0.29) is 0 Å². The molecule has 0 spiro atoms. The molecule has 0 aromatic rings. The van der Waals surface area contributed by atoms with Crippen LogP contribution in [0.2, 0.25) is 0 Å². The van der Waals surface area contributed by atoms with Crippen LogP contribution in [0.5, 0.6) is 0 Å². The molecule has 2 atom stereocenters. The maximum atomic E-state index is 10.5. The van der Waals surface area contributed by atoms with Gasteiger partial charge in [-0.15, -0.1) is 0 Å². The third-order valence-electron chi connectivity index (χ3n) is 1.82. The molecule has 0 radical (unpaired) electrons. The van der Waals surface area contributed by atoms with Gasteiger partial charge >= 0.3 is 5.97 Å². The van der Waals surface area contributed by atoms with Gasteiger partial charge in [-0.05, 0) is 13.5 Å². The zero-order chi connectivity index (χ0) is 9.56. The minimum absolute atomic E-state index is 0.536. The summed E-state index contributed by atoms with van der Waals surface area (Å²) in [5, 5.41) is 20.5. The van der Waals surface area contributed by atoms with E-state index in [9.17, 15) is 9.90 Å². The maximum absolute atomic E-state index is 10.5. The largest absolute Gasteiger partial charge is 0.480 e. The SMILES string of the molecule is CCCCC(O)[C@H](NC)C(=O)O. The van der Waals surface area contributed by atoms with Gasteiger partial charge in [0.25, 0.3) is 0 Å². The third kappa shape index (κ3) is 3.69. The molecule has 0 saturated heterocycles. The molecule has 72 valence electrons. The first-order chi connectivity index (χ1) is 5.63. The van der Waals surface area contributed by atoms with E-state index in [0.29, 0.717) is 6.42 Å². The van der Waals surface area contributed by atoms with Gasteiger partial charge in [0.2, 0.25) is 0 Å². The number of hydrogen-bond donors (Lipinski definition) is 3. The Hall–Kier alpha value is -0.610. The lowest BCUT2D eigenvalue weighted by atomic mass is 10.1. The second-order valence-corrected chi connectivity index (χ2v) is 2.81. The minimum atomic E-state index is -0.999. The van der Waals surface area contributed by atoms with Crippen LogP contribution in [-0.4, -0.2) is 35.4 Å². The minimum Gasteiger partial charge on any atom is -0.480 e. The van der Waals surface area contributed by atoms with Crippen LogP contribution in [0.4, 0.5) is 0 Å². The Kier molecular flexibility index (Phi) is 5.66. The molecule has 4 heteroatoms. The van der Waals surface area contributed by atoms with Crippen LogP contribution in [0.3, 0.4) is 0 Å². The fraction of sp³-hybridized carbons (Fsp3) is 0.875. The Morgan fingerprint density at radius 1 is 1.58 bits per heavy atom. The van der Waals surface area contributed by atoms with Gasteiger partial charge in [-0.2, -0.15) is 0 Å². The average molecular weight is 175 g/mol. The van der Waals surface area contributed by atoms with Gasteiger partial charge in [-0.1, -0.05) is 19.8 Å². The van der Waals surface area contributed by atoms with Crippen LogP contribution in [0, 0.1) is 0 Å². The van der Waals surface area contributed by atoms with Gasteiger partial charge < -0.3 is 15.5 Å². The quantitative estimate of drug-likeness (QED) is 0.539. The van der Waals surface area contributed by atoms with Crippen molar-refractivity contribution >= 4 is 5.97 Å². The zero-order valence-electron chi connectivity index (χ0n) is 7.58. The number of carboxylic acid groups (broad SMARTS) is 1. The van der Waals surface area contributed by atoms with Crippen molar-refractivity contribution in [3.05, 3.63) is 0 Å². The lowest BCUT2D eigenvalue weighted by Crippen LogP contribution is -2.44. The highest BCUT2D eigenvalue weighted by Gasteiger charge is 2.23. The summed E-state index contributed by atoms with van der Waals surface area (Å²) in [7, 11) is 1.54. The summed E-state index contributed by atoms with van der Waals surface area (Å²) >= 11 is 0. The molecule has 0 aliphatic rings. The Balaban J connectivity index is 3.85. The molecule has 0 fully saturated rings. The van der Waals surface area contributed by atoms with Gasteiger partial charge in [0.1, 0.15) is 6.04 Å². The lowest BCUT2D eigenvalue weighted by Gasteiger charge is -2.17. The van der Waals surface area contributed by atoms with E-state index < -0.39 is 18.1 Å². The van der Waals surface area contributed by atoms with E-state index in [1.807, 2.05) is 6.92 Å². The molecule has 0 bridgehead atoms. The molecule has 0 saturated carbocycles. The van der Waals surface area contributed by atoms with Crippen molar-refractivity contribution in [1.82, 2.24) is 5.32 Å². The Bertz CT molecular complexity index is 138. The van der Waals surface area contributed by atoms with Crippen molar-refractivity contribution in [3.8, 4) is 0 Å². The molecule has 1 unspecified atom stereocenters. The molecule has 0 heterocycles. The van der Waals surface area contributed by atoms with Crippen molar-refractivity contribution < 1.29 is 15.0 Å². The van der Waals surface area contributed by atoms with E-state index >= 15 is 0 Å². The molecule has 0 aromatic carbocycles. The van der Waals surface area contributed by atoms with Crippen molar-refractivity contribution in [2.45, 2.75) is 38.3 Å². The van der Waals surface area contributed by atoms with Crippen molar-refractivity contribution in [2.75, 3.05) is 7.05 Å². The number of rotatable bonds is 6. The van der Waals surface area contributed by atoms with Crippen LogP contribution in [0.15, 0.2) is 0 Å². The summed E-state index contributed by atoms with van der Waals surface area (Å²) in [6.07, 6.45) is 1.57. The maximum Gasteiger partial charge on any atom is 0.323 e. The molecule has 0 rings (SSSR count). The average Bonchev–Trinajstić information content (AvgIpc) is 2.01. The number of carboxylic acids is 1. The molecule has 0 aromatic heterocycles. The summed E-state index contributed by atoms with van der Waals surface area (Å²) in [4.78, 5) is 10.5. The monoisotopic (exact) mass is 175 g/mol. The van der Waals surface area contributed by atoms with Crippen molar-refractivity contribution in [2.24, 2.45) is 0 Å². The second kappa shape index (κ2) is 5.97. The Morgan fingerprint density at radius 3 is 2.50 bits per heavy atom. The molecule has 12 heavy (non-hydrogen) atoms. The number of hydrogen-bond acceptors (Lipinski definition) is 3. The van der Waals surface area contributed by atoms with E-state index in [1.54, 1.807) is 0 Å². The van der Waals surface area contributed by atoms with Gasteiger partial charge in [-0.3, -0.25) is 4.79 Å². The molecule has 4 nitrogen and oxygen atoms in total. The van der Waals surface area contributed by atoms with Crippen LogP contribution in [0.25, 0.3) is 0 Å². The number of aliphatic hydroxyl groups is 1. The number of likely N-dealkylation sites (N-methyl/N-ethyl adjacent to an activating group) is 1. The smallest absolute Gasteiger partial charge is 0.323 e. The summed E-state index contributed by atoms with van der Waals surface area (Å²) in [5.41, 5.74) is 0. The molecular weight excluding hydrogens is 158 g/mol. The van der Waals surface area contributed by atoms with Crippen LogP contribution in [0.1, 0.15) is 26.2 Å². The number of carbonyl (C=O) groups is 1. The first-order valence-corrected chi connectivity index (χ1v) is 4.21. The summed E-state index contributed by atoms with van der Waals surface area (Å²) in [6.45, 7) is 2.00. The van der Waals surface area contributed by atoms with Crippen LogP contribution < -0.4 is 5.32 Å². The third-order valence-corrected chi connectivity index (χ3v) is 1.82. The Morgan fingerprint density at radius 2 is 2.17 bits per heavy atom. The van der Waals surface area contributed by atoms with E-state index in [2.05, 4.69) is 5.32 Å². The summed E-state index contributed by atoms with van der Waals surface area (Å²) in [5.74, 6) is -0.999. The predicted octanol–water partition coefficient (Wildman–Crippen LogP) is 0.210. The molecule has 0 aliphatic heterocycles. The summed E-state index contributed by atoms with van der Waals surface area (Å²) in [6, 6.07) is -0.837. The first-order valence-electron chi connectivity index (χ1n) is 4.21. The fourth-order valence-corrected chi connectivity index (χ4v) is 1.06. The van der Waals surface area contributed by atoms with E-state index in [4.69, 9.17) is 5.11 Å². The number of aliphatic hydroxyl groups excluding tert-OH is 1. The van der Waals surface area contributed by atoms with Gasteiger partial charge in [-0.25, -0.2) is 0 Å². The highest BCUT2D eigenvalue weighted by molar-refractivity contribution is 5.74. The second-order valence-electron chi connectivity index (χ2n) is 2.81. The molecule has 3 N–H and O–H groups in total. The molecular formula is C8H17NO3. The Labute approximate surface area is 72.6 Å². The number of aliphatic carboxylic acids is 1. The van der Waals surface area contributed by atoms with E-state index in [1.165, 1.54) is 7.05 Å². The standard InChI is InChI=1S/C8H17NO3/c1-3-4-5-6(10)7(9-2)8(11)12/h6-7,9-10H,3-5H2,1-2H3,(H,11,12)/t6?,7-/m0/s1. The van der Waals surface area contributed by atoms with E-state index in [0.717, 1.165) is 12.8 Å².